The molecule has 1 aliphatic rings. The van der Waals surface area contributed by atoms with E-state index in [9.17, 15) is 13.2 Å². The van der Waals surface area contributed by atoms with Crippen LogP contribution in [0.2, 0.25) is 0 Å². The quantitative estimate of drug-likeness (QED) is 0.851. The third kappa shape index (κ3) is 2.76. The summed E-state index contributed by atoms with van der Waals surface area (Å²) in [6.45, 7) is 2.42. The molecule has 0 saturated heterocycles. The van der Waals surface area contributed by atoms with Crippen molar-refractivity contribution >= 4 is 31.9 Å². The van der Waals surface area contributed by atoms with Gasteiger partial charge < -0.3 is 9.52 Å². The van der Waals surface area contributed by atoms with Crippen molar-refractivity contribution in [3.63, 3.8) is 0 Å². The first-order valence-corrected chi connectivity index (χ1v) is 7.61. The average Bonchev–Trinajstić information content (AvgIpc) is 2.80. The fraction of sp³-hybridized carbons (Fsp3) is 0.500. The van der Waals surface area contributed by atoms with E-state index < -0.39 is 21.8 Å². The summed E-state index contributed by atoms with van der Waals surface area (Å²) in [6.07, 6.45) is 1.01. The van der Waals surface area contributed by atoms with Crippen molar-refractivity contribution in [1.29, 1.82) is 0 Å². The third-order valence-electron chi connectivity index (χ3n) is 2.97. The predicted octanol–water partition coefficient (Wildman–Crippen LogP) is 1.67. The highest BCUT2D eigenvalue weighted by Gasteiger charge is 2.34. The van der Waals surface area contributed by atoms with E-state index >= 15 is 0 Å². The molecule has 8 heteroatoms. The summed E-state index contributed by atoms with van der Waals surface area (Å²) < 4.78 is 31.0. The Morgan fingerprint density at radius 1 is 1.67 bits per heavy atom. The SMILES string of the molecule is CC1CC1CNS(=O)(=O)c1cc(C(=O)O)oc1Br. The first-order valence-electron chi connectivity index (χ1n) is 5.33. The average molecular weight is 338 g/mol. The zero-order valence-electron chi connectivity index (χ0n) is 9.51. The van der Waals surface area contributed by atoms with Crippen LogP contribution < -0.4 is 4.72 Å². The first kappa shape index (κ1) is 13.6. The molecule has 2 atom stereocenters. The van der Waals surface area contributed by atoms with Gasteiger partial charge in [0.2, 0.25) is 15.8 Å². The second kappa shape index (κ2) is 4.67. The van der Waals surface area contributed by atoms with Crippen molar-refractivity contribution in [2.45, 2.75) is 18.2 Å². The van der Waals surface area contributed by atoms with Crippen molar-refractivity contribution in [1.82, 2.24) is 4.72 Å². The number of hydrogen-bond acceptors (Lipinski definition) is 4. The lowest BCUT2D eigenvalue weighted by atomic mass is 10.3. The Bertz CT molecular complexity index is 579. The van der Waals surface area contributed by atoms with Gasteiger partial charge in [-0.3, -0.25) is 0 Å². The molecule has 0 spiro atoms. The molecule has 6 nitrogen and oxygen atoms in total. The molecule has 2 unspecified atom stereocenters. The van der Waals surface area contributed by atoms with Gasteiger partial charge in [-0.05, 0) is 34.2 Å². The van der Waals surface area contributed by atoms with E-state index in [1.54, 1.807) is 0 Å². The van der Waals surface area contributed by atoms with E-state index in [4.69, 9.17) is 9.52 Å². The van der Waals surface area contributed by atoms with Crippen molar-refractivity contribution < 1.29 is 22.7 Å². The van der Waals surface area contributed by atoms with E-state index in [0.717, 1.165) is 12.5 Å². The van der Waals surface area contributed by atoms with Gasteiger partial charge >= 0.3 is 5.97 Å². The molecule has 0 aliphatic heterocycles. The fourth-order valence-corrected chi connectivity index (χ4v) is 3.65. The summed E-state index contributed by atoms with van der Waals surface area (Å²) >= 11 is 2.91. The fourth-order valence-electron chi connectivity index (χ4n) is 1.62. The molecule has 0 bridgehead atoms. The second-order valence-electron chi connectivity index (χ2n) is 4.38. The number of carboxylic acid groups (broad SMARTS) is 1. The summed E-state index contributed by atoms with van der Waals surface area (Å²) in [5, 5.41) is 8.72. The number of furan rings is 1. The van der Waals surface area contributed by atoms with Gasteiger partial charge in [0, 0.05) is 12.6 Å². The Balaban J connectivity index is 2.15. The van der Waals surface area contributed by atoms with Crippen molar-refractivity contribution in [2.24, 2.45) is 11.8 Å². The van der Waals surface area contributed by atoms with Gasteiger partial charge in [-0.25, -0.2) is 17.9 Å². The maximum absolute atomic E-state index is 11.9. The molecule has 1 fully saturated rings. The monoisotopic (exact) mass is 337 g/mol. The normalized spacial score (nSPS) is 23.0. The standard InChI is InChI=1S/C10H12BrNO5S/c1-5-2-6(5)4-12-18(15,16)8-3-7(10(13)14)17-9(8)11/h3,5-6,12H,2,4H2,1H3,(H,13,14). The van der Waals surface area contributed by atoms with E-state index in [1.165, 1.54) is 0 Å². The number of sulfonamides is 1. The predicted molar refractivity (Wildman–Crippen MR) is 65.8 cm³/mol. The number of hydrogen-bond donors (Lipinski definition) is 2. The lowest BCUT2D eigenvalue weighted by molar-refractivity contribution is 0.0661. The Morgan fingerprint density at radius 2 is 2.28 bits per heavy atom. The van der Waals surface area contributed by atoms with E-state index in [1.807, 2.05) is 0 Å². The molecule has 0 radical (unpaired) electrons. The van der Waals surface area contributed by atoms with Crippen LogP contribution in [0.4, 0.5) is 0 Å². The highest BCUT2D eigenvalue weighted by atomic mass is 79.9. The van der Waals surface area contributed by atoms with Crippen LogP contribution in [-0.2, 0) is 10.0 Å². The van der Waals surface area contributed by atoms with Gasteiger partial charge in [0.1, 0.15) is 4.90 Å². The minimum atomic E-state index is -3.74. The van der Waals surface area contributed by atoms with Crippen LogP contribution in [0.1, 0.15) is 23.9 Å². The van der Waals surface area contributed by atoms with Crippen LogP contribution in [0, 0.1) is 11.8 Å². The smallest absolute Gasteiger partial charge is 0.371 e. The Morgan fingerprint density at radius 3 is 2.72 bits per heavy atom. The van der Waals surface area contributed by atoms with E-state index in [0.29, 0.717) is 18.4 Å². The van der Waals surface area contributed by atoms with Gasteiger partial charge in [-0.15, -0.1) is 0 Å². The van der Waals surface area contributed by atoms with Gasteiger partial charge in [0.15, 0.2) is 4.67 Å². The maximum atomic E-state index is 11.9. The van der Waals surface area contributed by atoms with Crippen LogP contribution in [0.3, 0.4) is 0 Å². The summed E-state index contributed by atoms with van der Waals surface area (Å²) in [7, 11) is -3.74. The molecule has 1 heterocycles. The Kier molecular flexibility index (Phi) is 3.52. The molecule has 0 aromatic carbocycles. The zero-order valence-corrected chi connectivity index (χ0v) is 11.9. The van der Waals surface area contributed by atoms with E-state index in [-0.39, 0.29) is 9.56 Å². The summed E-state index contributed by atoms with van der Waals surface area (Å²) in [4.78, 5) is 10.5. The van der Waals surface area contributed by atoms with Gasteiger partial charge in [0.05, 0.1) is 0 Å². The van der Waals surface area contributed by atoms with Gasteiger partial charge in [-0.1, -0.05) is 6.92 Å². The van der Waals surface area contributed by atoms with Crippen LogP contribution in [0.15, 0.2) is 20.0 Å². The minimum Gasteiger partial charge on any atom is -0.475 e. The zero-order chi connectivity index (χ0) is 13.5. The highest BCUT2D eigenvalue weighted by Crippen LogP contribution is 2.37. The van der Waals surface area contributed by atoms with E-state index in [2.05, 4.69) is 27.6 Å². The van der Waals surface area contributed by atoms with Gasteiger partial charge in [0.25, 0.3) is 0 Å². The number of halogens is 1. The molecule has 1 aromatic rings. The molecule has 2 rings (SSSR count). The summed E-state index contributed by atoms with van der Waals surface area (Å²) in [6, 6.07) is 0.991. The molecule has 100 valence electrons. The van der Waals surface area contributed by atoms with Crippen LogP contribution in [0.5, 0.6) is 0 Å². The Labute approximate surface area is 113 Å². The Hall–Kier alpha value is -0.860. The van der Waals surface area contributed by atoms with Crippen molar-refractivity contribution in [3.05, 3.63) is 16.5 Å². The second-order valence-corrected chi connectivity index (χ2v) is 6.83. The minimum absolute atomic E-state index is 0.101. The lowest BCUT2D eigenvalue weighted by Crippen LogP contribution is -2.26. The number of aromatic carboxylic acids is 1. The molecule has 2 N–H and O–H groups in total. The largest absolute Gasteiger partial charge is 0.475 e. The number of carboxylic acids is 1. The van der Waals surface area contributed by atoms with Crippen LogP contribution in [0.25, 0.3) is 0 Å². The molecule has 1 saturated carbocycles. The van der Waals surface area contributed by atoms with Gasteiger partial charge in [-0.2, -0.15) is 0 Å². The summed E-state index contributed by atoms with van der Waals surface area (Å²) in [5.74, 6) is -0.825. The number of carbonyl (C=O) groups is 1. The highest BCUT2D eigenvalue weighted by molar-refractivity contribution is 9.10. The molecule has 1 aliphatic carbocycles. The topological polar surface area (TPSA) is 96.6 Å². The molecule has 1 aromatic heterocycles. The van der Waals surface area contributed by atoms with Crippen molar-refractivity contribution in [2.75, 3.05) is 6.54 Å². The first-order chi connectivity index (χ1) is 8.31. The summed E-state index contributed by atoms with van der Waals surface area (Å²) in [5.41, 5.74) is 0. The molecule has 0 amide bonds. The molecular weight excluding hydrogens is 326 g/mol. The molecule has 18 heavy (non-hydrogen) atoms. The van der Waals surface area contributed by atoms with Crippen molar-refractivity contribution in [3.8, 4) is 0 Å². The number of rotatable bonds is 5. The molecular formula is C10H12BrNO5S. The number of nitrogens with one attached hydrogen (secondary N) is 1. The van der Waals surface area contributed by atoms with Crippen LogP contribution in [-0.4, -0.2) is 26.0 Å². The van der Waals surface area contributed by atoms with Crippen LogP contribution >= 0.6 is 15.9 Å². The third-order valence-corrected chi connectivity index (χ3v) is 5.25. The lowest BCUT2D eigenvalue weighted by Gasteiger charge is -2.03. The maximum Gasteiger partial charge on any atom is 0.371 e.